The molecule has 0 spiro atoms. The van der Waals surface area contributed by atoms with Crippen LogP contribution in [0.3, 0.4) is 0 Å². The lowest BCUT2D eigenvalue weighted by Crippen LogP contribution is -2.18. The molecule has 4 heteroatoms. The summed E-state index contributed by atoms with van der Waals surface area (Å²) in [6, 6.07) is 140. The van der Waals surface area contributed by atoms with E-state index in [-0.39, 0.29) is 0 Å². The van der Waals surface area contributed by atoms with Crippen molar-refractivity contribution in [2.75, 3.05) is 19.6 Å². The number of rotatable bonds is 14. The molecule has 19 aromatic rings. The monoisotopic (exact) mass is 1650 g/mol. The van der Waals surface area contributed by atoms with E-state index in [0.29, 0.717) is 0 Å². The van der Waals surface area contributed by atoms with Gasteiger partial charge in [0.1, 0.15) is 0 Å². The van der Waals surface area contributed by atoms with E-state index in [1.807, 2.05) is 0 Å². The van der Waals surface area contributed by atoms with Crippen molar-refractivity contribution in [1.29, 1.82) is 0 Å². The zero-order chi connectivity index (χ0) is 84.8. The molecule has 6 aliphatic carbocycles. The van der Waals surface area contributed by atoms with Crippen LogP contribution in [-0.4, -0.2) is 0 Å². The van der Waals surface area contributed by atoms with Crippen LogP contribution in [0.2, 0.25) is 0 Å². The summed E-state index contributed by atoms with van der Waals surface area (Å²) in [5.74, 6) is 0. The molecule has 0 radical (unpaired) electrons. The molecular formula is C124H106N4. The first-order valence-corrected chi connectivity index (χ1v) is 47.5. The quantitative estimate of drug-likeness (QED) is 0.0795. The topological polar surface area (TPSA) is 13.0 Å². The van der Waals surface area contributed by atoms with Crippen molar-refractivity contribution in [2.24, 2.45) is 0 Å². The van der Waals surface area contributed by atoms with Crippen molar-refractivity contribution < 1.29 is 0 Å². The Bertz CT molecular complexity index is 6840. The van der Waals surface area contributed by atoms with Gasteiger partial charge in [0.05, 0.1) is 22.7 Å². The Morgan fingerprint density at radius 1 is 0.148 bits per heavy atom. The van der Waals surface area contributed by atoms with Crippen LogP contribution >= 0.6 is 0 Å². The summed E-state index contributed by atoms with van der Waals surface area (Å²) in [5.41, 5.74) is 39.1. The van der Waals surface area contributed by atoms with Crippen molar-refractivity contribution >= 4 is 133 Å². The highest BCUT2D eigenvalue weighted by Crippen LogP contribution is 2.58. The fraction of sp³-hybridized carbons (Fsp3) is 0.177. The lowest BCUT2D eigenvalue weighted by molar-refractivity contribution is 0.685. The molecule has 0 unspecified atom stereocenters. The molecular weight excluding hydrogens is 1550 g/mol. The molecule has 6 aliphatic rings. The third-order valence-corrected chi connectivity index (χ3v) is 28.8. The van der Waals surface area contributed by atoms with Gasteiger partial charge in [-0.3, -0.25) is 0 Å². The Labute approximate surface area is 753 Å². The van der Waals surface area contributed by atoms with E-state index in [0.717, 1.165) is 74.1 Å². The molecule has 0 N–H and O–H groups in total. The van der Waals surface area contributed by atoms with E-state index >= 15 is 0 Å². The second-order valence-corrected chi connectivity index (χ2v) is 36.2. The van der Waals surface area contributed by atoms with Crippen molar-refractivity contribution in [3.8, 4) is 22.3 Å². The molecule has 0 aliphatic heterocycles. The van der Waals surface area contributed by atoms with E-state index in [1.165, 1.54) is 256 Å². The zero-order valence-corrected chi connectivity index (χ0v) is 73.1. The molecule has 4 nitrogen and oxygen atoms in total. The van der Waals surface area contributed by atoms with Crippen molar-refractivity contribution in [1.82, 2.24) is 0 Å². The molecule has 0 saturated heterocycles. The predicted molar refractivity (Wildman–Crippen MR) is 545 cm³/mol. The minimum absolute atomic E-state index is 1.12. The molecule has 0 atom stereocenters. The van der Waals surface area contributed by atoms with E-state index in [4.69, 9.17) is 0 Å². The smallest absolute Gasteiger partial charge is 0.0620 e. The summed E-state index contributed by atoms with van der Waals surface area (Å²) < 4.78 is 0. The van der Waals surface area contributed by atoms with Crippen LogP contribution < -0.4 is 19.6 Å². The van der Waals surface area contributed by atoms with Crippen LogP contribution in [0.4, 0.5) is 68.2 Å². The van der Waals surface area contributed by atoms with Gasteiger partial charge in [-0.05, 0) is 361 Å². The number of aryl methyl sites for hydroxylation is 8. The largest absolute Gasteiger partial charge is 0.309 e. The first-order chi connectivity index (χ1) is 63.6. The van der Waals surface area contributed by atoms with Crippen LogP contribution in [-0.2, 0) is 77.0 Å². The van der Waals surface area contributed by atoms with Crippen molar-refractivity contribution in [3.05, 3.63) is 443 Å². The number of anilines is 12. The van der Waals surface area contributed by atoms with Gasteiger partial charge < -0.3 is 19.6 Å². The lowest BCUT2D eigenvalue weighted by Gasteiger charge is -2.36. The van der Waals surface area contributed by atoms with E-state index < -0.39 is 0 Å². The van der Waals surface area contributed by atoms with Crippen LogP contribution in [0.25, 0.3) is 86.9 Å². The molecule has 0 heterocycles. The number of benzene rings is 19. The molecule has 0 fully saturated rings. The Morgan fingerprint density at radius 3 is 0.672 bits per heavy atom. The first kappa shape index (κ1) is 78.6. The van der Waals surface area contributed by atoms with Gasteiger partial charge in [0, 0.05) is 88.6 Å². The minimum Gasteiger partial charge on any atom is -0.309 e. The van der Waals surface area contributed by atoms with E-state index in [9.17, 15) is 0 Å². The number of hydrogen-bond donors (Lipinski definition) is 0. The summed E-state index contributed by atoms with van der Waals surface area (Å²) in [4.78, 5) is 10.2. The first-order valence-electron chi connectivity index (χ1n) is 47.5. The summed E-state index contributed by atoms with van der Waals surface area (Å²) in [7, 11) is 0. The molecule has 0 bridgehead atoms. The Kier molecular flexibility index (Phi) is 21.3. The van der Waals surface area contributed by atoms with Gasteiger partial charge in [-0.2, -0.15) is 0 Å². The average molecular weight is 1650 g/mol. The Balaban J connectivity index is 0.000000113. The summed E-state index contributed by atoms with van der Waals surface area (Å²) in [6.45, 7) is 0. The normalized spacial score (nSPS) is 14.2. The number of hydrogen-bond acceptors (Lipinski definition) is 4. The maximum absolute atomic E-state index is 2.63. The van der Waals surface area contributed by atoms with Crippen LogP contribution in [0.5, 0.6) is 0 Å². The third kappa shape index (κ3) is 14.2. The standard InChI is InChI=1S/C50H46N2.C42H34N2.C32H26/c1-3-23-39(24-4-1)51(47-31-15-21-35-17-9-11-27-41(35)47)49-43-29-13-14-30-44(43)50(46-34-38-20-8-7-19-37(38)33-45(46)49)52(40-25-5-2-6-26-40)48-32-16-22-36-18-10-12-28-42(36)48;1-5-19-33(20-6-1)43(34-21-7-2-8-22-34)41-37-27-15-16-28-38(37)42(40-30-32-18-14-13-17-31(32)29-39(40)41)44(35-23-9-3-10-24-35)36-25-11-4-12-26-36;1-3-11-21(12-4-1)29-27-15-7-8-16-28(27)30(22-13-5-2-6-14-22)32-26-20-10-18-24(26)23-17-9-19-25(23)31(29)32/h1-6,13-16,21-26,29-34H,7-12,17-20,27-28H2;1-12,15-16,19-30H,13-14,17-18H2;1-8,11-16H,9-10,17-20H2. The van der Waals surface area contributed by atoms with Gasteiger partial charge in [0.2, 0.25) is 0 Å². The summed E-state index contributed by atoms with van der Waals surface area (Å²) >= 11 is 0. The fourth-order valence-corrected chi connectivity index (χ4v) is 23.2. The number of nitrogens with zero attached hydrogens (tertiary/aromatic N) is 4. The highest BCUT2D eigenvalue weighted by molar-refractivity contribution is 6.27. The van der Waals surface area contributed by atoms with Gasteiger partial charge >= 0.3 is 0 Å². The summed E-state index contributed by atoms with van der Waals surface area (Å²) in [6.07, 6.45) is 26.7. The maximum Gasteiger partial charge on any atom is 0.0620 e. The van der Waals surface area contributed by atoms with E-state index in [2.05, 4.69) is 396 Å². The lowest BCUT2D eigenvalue weighted by atomic mass is 9.80. The third-order valence-electron chi connectivity index (χ3n) is 28.8. The second-order valence-electron chi connectivity index (χ2n) is 36.2. The maximum atomic E-state index is 2.63. The second kappa shape index (κ2) is 34.7. The molecule has 0 amide bonds. The van der Waals surface area contributed by atoms with Crippen LogP contribution in [0.15, 0.2) is 376 Å². The van der Waals surface area contributed by atoms with Gasteiger partial charge in [0.25, 0.3) is 0 Å². The Hall–Kier alpha value is -14.1. The SMILES string of the molecule is c1ccc(-c2c3ccccc3c(-c3ccccc3)c3c4c(c5c(c23)CCC5)CCC4)cc1.c1ccc(N(c2cccc3c2CCCC3)c2c3ccccc3c(N(c3ccccc3)c3cccc4c3CCCC4)c3cc4c(cc23)CCCC4)cc1.c1ccc(N(c2ccccc2)c2c3ccccc3c(N(c3ccccc3)c3ccccc3)c3cc4c(cc23)CCCC4)cc1. The summed E-state index contributed by atoms with van der Waals surface area (Å²) in [5, 5.41) is 16.2. The number of fused-ring (bicyclic) bond motifs is 15. The minimum atomic E-state index is 1.12. The van der Waals surface area contributed by atoms with Crippen molar-refractivity contribution in [2.45, 2.75) is 141 Å². The molecule has 0 aromatic heterocycles. The van der Waals surface area contributed by atoms with Gasteiger partial charge in [-0.25, -0.2) is 0 Å². The van der Waals surface area contributed by atoms with Gasteiger partial charge in [-0.15, -0.1) is 0 Å². The molecule has 128 heavy (non-hydrogen) atoms. The predicted octanol–water partition coefficient (Wildman–Crippen LogP) is 33.7. The molecule has 19 aromatic carbocycles. The highest BCUT2D eigenvalue weighted by Gasteiger charge is 2.35. The van der Waals surface area contributed by atoms with Crippen LogP contribution in [0.1, 0.15) is 131 Å². The average Bonchev–Trinajstić information content (AvgIpc) is 1.57. The fourth-order valence-electron chi connectivity index (χ4n) is 23.2. The van der Waals surface area contributed by atoms with E-state index in [1.54, 1.807) is 33.0 Å². The molecule has 0 saturated carbocycles. The van der Waals surface area contributed by atoms with Crippen molar-refractivity contribution in [3.63, 3.8) is 0 Å². The highest BCUT2D eigenvalue weighted by atomic mass is 15.2. The zero-order valence-electron chi connectivity index (χ0n) is 73.1. The Morgan fingerprint density at radius 2 is 0.375 bits per heavy atom. The van der Waals surface area contributed by atoms with Crippen LogP contribution in [0, 0.1) is 0 Å². The van der Waals surface area contributed by atoms with Gasteiger partial charge in [0.15, 0.2) is 0 Å². The number of para-hydroxylation sites is 6. The molecule has 622 valence electrons. The molecule has 25 rings (SSSR count). The van der Waals surface area contributed by atoms with Gasteiger partial charge in [-0.1, -0.05) is 267 Å².